The first-order valence-electron chi connectivity index (χ1n) is 8.49. The molecule has 3 aromatic rings. The van der Waals surface area contributed by atoms with E-state index in [9.17, 15) is 22.6 Å². The van der Waals surface area contributed by atoms with E-state index < -0.39 is 45.9 Å². The molecular formula is C20H16O9S. The molecule has 9 nitrogen and oxygen atoms in total. The third-order valence-corrected chi connectivity index (χ3v) is 4.98. The van der Waals surface area contributed by atoms with Crippen molar-refractivity contribution < 1.29 is 42.2 Å². The van der Waals surface area contributed by atoms with Gasteiger partial charge in [0, 0.05) is 11.6 Å². The van der Waals surface area contributed by atoms with E-state index in [2.05, 4.69) is 0 Å². The number of rotatable bonds is 8. The Kier molecular flexibility index (Phi) is 5.90. The topological polar surface area (TPSA) is 147 Å². The lowest BCUT2D eigenvalue weighted by atomic mass is 9.97. The fourth-order valence-electron chi connectivity index (χ4n) is 2.92. The van der Waals surface area contributed by atoms with Crippen molar-refractivity contribution in [3.8, 4) is 22.6 Å². The molecule has 0 radical (unpaired) electrons. The molecule has 0 unspecified atom stereocenters. The Morgan fingerprint density at radius 3 is 2.03 bits per heavy atom. The van der Waals surface area contributed by atoms with Gasteiger partial charge in [0.2, 0.25) is 0 Å². The smallest absolute Gasteiger partial charge is 0.341 e. The maximum Gasteiger partial charge on any atom is 0.341 e. The van der Waals surface area contributed by atoms with Crippen LogP contribution in [0.3, 0.4) is 0 Å². The number of hydrogen-bond donors (Lipinski definition) is 3. The zero-order valence-electron chi connectivity index (χ0n) is 15.3. The van der Waals surface area contributed by atoms with Crippen molar-refractivity contribution in [3.05, 3.63) is 54.6 Å². The molecule has 30 heavy (non-hydrogen) atoms. The second-order valence-corrected chi connectivity index (χ2v) is 7.55. The highest BCUT2D eigenvalue weighted by Crippen LogP contribution is 2.41. The summed E-state index contributed by atoms with van der Waals surface area (Å²) in [4.78, 5) is 21.1. The summed E-state index contributed by atoms with van der Waals surface area (Å²) in [5, 5.41) is 19.3. The van der Waals surface area contributed by atoms with E-state index >= 15 is 0 Å². The van der Waals surface area contributed by atoms with Gasteiger partial charge >= 0.3 is 11.9 Å². The molecule has 0 aliphatic heterocycles. The molecule has 3 rings (SSSR count). The average Bonchev–Trinajstić information content (AvgIpc) is 2.69. The average molecular weight is 432 g/mol. The molecule has 0 fully saturated rings. The zero-order chi connectivity index (χ0) is 21.9. The number of carboxylic acids is 2. The van der Waals surface area contributed by atoms with Gasteiger partial charge in [-0.05, 0) is 22.4 Å². The van der Waals surface area contributed by atoms with E-state index in [1.807, 2.05) is 18.2 Å². The van der Waals surface area contributed by atoms with E-state index in [4.69, 9.17) is 19.7 Å². The van der Waals surface area contributed by atoms with Gasteiger partial charge in [0.05, 0.1) is 0 Å². The molecule has 156 valence electrons. The van der Waals surface area contributed by atoms with Crippen LogP contribution in [0.4, 0.5) is 0 Å². The molecule has 0 amide bonds. The maximum atomic E-state index is 11.9. The number of carboxylic acid groups (broad SMARTS) is 2. The van der Waals surface area contributed by atoms with E-state index in [0.29, 0.717) is 5.56 Å². The minimum absolute atomic E-state index is 0.0541. The summed E-state index contributed by atoms with van der Waals surface area (Å²) in [6, 6.07) is 14.6. The molecule has 0 aromatic heterocycles. The predicted molar refractivity (Wildman–Crippen MR) is 105 cm³/mol. The van der Waals surface area contributed by atoms with Crippen LogP contribution in [0.1, 0.15) is 0 Å². The van der Waals surface area contributed by atoms with Gasteiger partial charge in [-0.15, -0.1) is 0 Å². The summed E-state index contributed by atoms with van der Waals surface area (Å²) in [6.07, 6.45) is 0. The third-order valence-electron chi connectivity index (χ3n) is 4.11. The van der Waals surface area contributed by atoms with Crippen molar-refractivity contribution in [3.63, 3.8) is 0 Å². The van der Waals surface area contributed by atoms with Gasteiger partial charge < -0.3 is 19.7 Å². The Labute approximate surface area is 170 Å². The highest BCUT2D eigenvalue weighted by Gasteiger charge is 2.23. The van der Waals surface area contributed by atoms with Crippen LogP contribution in [0.15, 0.2) is 59.5 Å². The number of fused-ring (bicyclic) bond motifs is 1. The summed E-state index contributed by atoms with van der Waals surface area (Å²) >= 11 is 0. The molecule has 3 N–H and O–H groups in total. The molecule has 0 aliphatic carbocycles. The van der Waals surface area contributed by atoms with Crippen molar-refractivity contribution in [2.75, 3.05) is 13.2 Å². The summed E-state index contributed by atoms with van der Waals surface area (Å²) in [7, 11) is -4.80. The summed E-state index contributed by atoms with van der Waals surface area (Å²) in [6.45, 7) is -1.62. The second kappa shape index (κ2) is 8.39. The van der Waals surface area contributed by atoms with E-state index in [1.54, 1.807) is 24.3 Å². The van der Waals surface area contributed by atoms with Gasteiger partial charge in [0.15, 0.2) is 13.2 Å². The Bertz CT molecular complexity index is 1230. The molecule has 0 saturated heterocycles. The third kappa shape index (κ3) is 4.67. The summed E-state index contributed by atoms with van der Waals surface area (Å²) < 4.78 is 43.8. The molecule has 0 saturated carbocycles. The number of ether oxygens (including phenoxy) is 2. The second-order valence-electron chi connectivity index (χ2n) is 6.16. The van der Waals surface area contributed by atoms with Crippen molar-refractivity contribution in [1.82, 2.24) is 0 Å². The number of benzene rings is 3. The van der Waals surface area contributed by atoms with Gasteiger partial charge in [-0.3, -0.25) is 4.55 Å². The minimum atomic E-state index is -4.80. The fraction of sp³-hybridized carbons (Fsp3) is 0.100. The highest BCUT2D eigenvalue weighted by molar-refractivity contribution is 7.86. The zero-order valence-corrected chi connectivity index (χ0v) is 16.1. The van der Waals surface area contributed by atoms with Crippen LogP contribution < -0.4 is 9.47 Å². The first kappa shape index (κ1) is 21.1. The molecule has 0 atom stereocenters. The highest BCUT2D eigenvalue weighted by atomic mass is 32.2. The largest absolute Gasteiger partial charge is 0.481 e. The van der Waals surface area contributed by atoms with Gasteiger partial charge in [-0.25, -0.2) is 9.59 Å². The van der Waals surface area contributed by atoms with Gasteiger partial charge in [0.25, 0.3) is 10.1 Å². The molecular weight excluding hydrogens is 416 g/mol. The standard InChI is InChI=1S/C20H16O9S/c21-19(22)10-28-16-9-17(29-11-20(23)24)18(30(25,26)27)8-15(16)14-7-3-5-12-4-1-2-6-13(12)14/h1-9H,10-11H2,(H,21,22)(H,23,24)(H,25,26,27). The quantitative estimate of drug-likeness (QED) is 0.457. The number of hydrogen-bond acceptors (Lipinski definition) is 6. The SMILES string of the molecule is O=C(O)COc1cc(OCC(=O)O)c(S(=O)(=O)O)cc1-c1cccc2ccccc12. The van der Waals surface area contributed by atoms with E-state index in [1.165, 1.54) is 0 Å². The molecule has 0 heterocycles. The van der Waals surface area contributed by atoms with Crippen LogP contribution in [0, 0.1) is 0 Å². The van der Waals surface area contributed by atoms with Crippen LogP contribution >= 0.6 is 0 Å². The number of carbonyl (C=O) groups is 2. The molecule has 10 heteroatoms. The lowest BCUT2D eigenvalue weighted by Crippen LogP contribution is -2.14. The normalized spacial score (nSPS) is 11.2. The Hall–Kier alpha value is -3.63. The Balaban J connectivity index is 2.28. The fourth-order valence-corrected chi connectivity index (χ4v) is 3.56. The molecule has 0 bridgehead atoms. The number of aliphatic carboxylic acids is 2. The minimum Gasteiger partial charge on any atom is -0.481 e. The lowest BCUT2D eigenvalue weighted by Gasteiger charge is -2.17. The van der Waals surface area contributed by atoms with Crippen molar-refractivity contribution in [1.29, 1.82) is 0 Å². The maximum absolute atomic E-state index is 11.9. The van der Waals surface area contributed by atoms with Crippen LogP contribution in [-0.2, 0) is 19.7 Å². The van der Waals surface area contributed by atoms with Gasteiger partial charge in [0.1, 0.15) is 16.4 Å². The van der Waals surface area contributed by atoms with E-state index in [0.717, 1.165) is 22.9 Å². The van der Waals surface area contributed by atoms with Crippen LogP contribution in [0.5, 0.6) is 11.5 Å². The predicted octanol–water partition coefficient (Wildman–Crippen LogP) is 2.68. The van der Waals surface area contributed by atoms with Crippen LogP contribution in [-0.4, -0.2) is 48.3 Å². The molecule has 0 aliphatic rings. The van der Waals surface area contributed by atoms with Gasteiger partial charge in [-0.2, -0.15) is 8.42 Å². The summed E-state index contributed by atoms with van der Waals surface area (Å²) in [5.41, 5.74) is 0.700. The lowest BCUT2D eigenvalue weighted by molar-refractivity contribution is -0.140. The molecule has 0 spiro atoms. The van der Waals surface area contributed by atoms with Crippen LogP contribution in [0.25, 0.3) is 21.9 Å². The Morgan fingerprint density at radius 1 is 0.800 bits per heavy atom. The summed E-state index contributed by atoms with van der Waals surface area (Å²) in [5.74, 6) is -3.18. The van der Waals surface area contributed by atoms with Crippen molar-refractivity contribution >= 4 is 32.8 Å². The first-order chi connectivity index (χ1) is 14.2. The van der Waals surface area contributed by atoms with Gasteiger partial charge in [-0.1, -0.05) is 42.5 Å². The molecule has 3 aromatic carbocycles. The first-order valence-corrected chi connectivity index (χ1v) is 9.93. The van der Waals surface area contributed by atoms with E-state index in [-0.39, 0.29) is 11.3 Å². The Morgan fingerprint density at radius 2 is 1.40 bits per heavy atom. The van der Waals surface area contributed by atoms with Crippen molar-refractivity contribution in [2.45, 2.75) is 4.90 Å². The van der Waals surface area contributed by atoms with Crippen LogP contribution in [0.2, 0.25) is 0 Å². The van der Waals surface area contributed by atoms with Crippen molar-refractivity contribution in [2.24, 2.45) is 0 Å². The monoisotopic (exact) mass is 432 g/mol.